The fourth-order valence-corrected chi connectivity index (χ4v) is 5.38. The van der Waals surface area contributed by atoms with Crippen molar-refractivity contribution < 1.29 is 52.6 Å². The smallest absolute Gasteiger partial charge is 0.329 e. The van der Waals surface area contributed by atoms with Crippen LogP contribution >= 0.6 is 0 Å². The number of nitrogens with one attached hydrogen (secondary N) is 3. The molecule has 0 fully saturated rings. The highest BCUT2D eigenvalue weighted by Gasteiger charge is 2.33. The van der Waals surface area contributed by atoms with Crippen LogP contribution in [-0.2, 0) is 28.7 Å². The van der Waals surface area contributed by atoms with Gasteiger partial charge in [0.25, 0.3) is 11.8 Å². The summed E-state index contributed by atoms with van der Waals surface area (Å²) in [6, 6.07) is 5.53. The lowest BCUT2D eigenvalue weighted by atomic mass is 9.90. The Labute approximate surface area is 311 Å². The molecule has 1 heterocycles. The van der Waals surface area contributed by atoms with Crippen LogP contribution in [0.5, 0.6) is 5.75 Å². The van der Waals surface area contributed by atoms with Crippen LogP contribution in [0.15, 0.2) is 34.7 Å². The van der Waals surface area contributed by atoms with E-state index in [1.54, 1.807) is 73.6 Å². The topological polar surface area (TPSA) is 203 Å². The molecule has 4 N–H and O–H groups in total. The van der Waals surface area contributed by atoms with Gasteiger partial charge in [-0.2, -0.15) is 0 Å². The summed E-state index contributed by atoms with van der Waals surface area (Å²) in [7, 11) is 0. The minimum atomic E-state index is -1.35. The van der Waals surface area contributed by atoms with Crippen LogP contribution in [-0.4, -0.2) is 82.9 Å². The lowest BCUT2D eigenvalue weighted by molar-refractivity contribution is -0.168. The number of carbonyl (C=O) groups is 6. The molecule has 1 aromatic heterocycles. The molecule has 0 bridgehead atoms. The molecule has 15 nitrogen and oxygen atoms in total. The first kappa shape index (κ1) is 44.2. The SMILES string of the molecule is CCCCCC(C(=O)NCNC(=O)c1ccc(-c2ccc(C(=O)NC(CC(=O)OC(C)(C)C)C(=O)OC(C)(C)C)c(OCC)c2)o1)C(CC)N(O)C=O. The second-order valence-electron chi connectivity index (χ2n) is 14.4. The van der Waals surface area contributed by atoms with E-state index in [-0.39, 0.29) is 42.5 Å². The van der Waals surface area contributed by atoms with E-state index in [1.165, 1.54) is 12.1 Å². The van der Waals surface area contributed by atoms with Gasteiger partial charge in [-0.15, -0.1) is 0 Å². The van der Waals surface area contributed by atoms with E-state index in [4.69, 9.17) is 18.6 Å². The van der Waals surface area contributed by atoms with Gasteiger partial charge in [0.2, 0.25) is 12.3 Å². The van der Waals surface area contributed by atoms with E-state index < -0.39 is 65.3 Å². The minimum Gasteiger partial charge on any atom is -0.493 e. The molecule has 1 aromatic carbocycles. The standard InChI is InChI=1S/C38H56N4O11/c1-10-13-14-15-25(28(11-2)42(49)23-43)33(45)39-22-40-35(47)30-19-18-29(51-30)24-16-17-26(31(20-24)50-12-3)34(46)41-27(36(48)53-38(7,8)9)21-32(44)52-37(4,5)6/h16-20,23,25,27-28,49H,10-15,21-22H2,1-9H3,(H,39,45)(H,40,47)(H,41,46). The number of carbonyl (C=O) groups excluding carboxylic acids is 6. The second kappa shape index (κ2) is 20.4. The van der Waals surface area contributed by atoms with E-state index in [1.807, 2.05) is 6.92 Å². The van der Waals surface area contributed by atoms with Gasteiger partial charge in [-0.05, 0) is 85.6 Å². The van der Waals surface area contributed by atoms with Crippen LogP contribution in [0.4, 0.5) is 0 Å². The molecule has 15 heteroatoms. The molecule has 0 aliphatic heterocycles. The van der Waals surface area contributed by atoms with Gasteiger partial charge < -0.3 is 34.6 Å². The maximum Gasteiger partial charge on any atom is 0.329 e. The summed E-state index contributed by atoms with van der Waals surface area (Å²) >= 11 is 0. The minimum absolute atomic E-state index is 0.0511. The third-order valence-corrected chi connectivity index (χ3v) is 7.73. The normalized spacial score (nSPS) is 13.2. The third kappa shape index (κ3) is 14.6. The quantitative estimate of drug-likeness (QED) is 0.0349. The van der Waals surface area contributed by atoms with E-state index in [2.05, 4.69) is 16.0 Å². The first-order chi connectivity index (χ1) is 24.8. The summed E-state index contributed by atoms with van der Waals surface area (Å²) < 4.78 is 22.4. The van der Waals surface area contributed by atoms with Crippen LogP contribution in [0, 0.1) is 5.92 Å². The number of benzene rings is 1. The Morgan fingerprint density at radius 2 is 1.58 bits per heavy atom. The Hall–Kier alpha value is -4.92. The summed E-state index contributed by atoms with van der Waals surface area (Å²) in [4.78, 5) is 76.3. The molecule has 2 aromatic rings. The van der Waals surface area contributed by atoms with Gasteiger partial charge in [-0.25, -0.2) is 9.86 Å². The van der Waals surface area contributed by atoms with Crippen LogP contribution in [0.25, 0.3) is 11.3 Å². The number of hydrogen-bond acceptors (Lipinski definition) is 11. The van der Waals surface area contributed by atoms with Crippen LogP contribution in [0.1, 0.15) is 122 Å². The van der Waals surface area contributed by atoms with Crippen molar-refractivity contribution in [3.8, 4) is 17.1 Å². The number of rotatable bonds is 20. The number of ether oxygens (including phenoxy) is 3. The Bertz CT molecular complexity index is 1560. The van der Waals surface area contributed by atoms with Crippen molar-refractivity contribution in [1.82, 2.24) is 21.0 Å². The van der Waals surface area contributed by atoms with Gasteiger partial charge in [0, 0.05) is 5.56 Å². The van der Waals surface area contributed by atoms with Gasteiger partial charge in [0.05, 0.1) is 37.2 Å². The number of hydroxylamine groups is 2. The molecule has 0 saturated carbocycles. The average Bonchev–Trinajstić information content (AvgIpc) is 3.56. The monoisotopic (exact) mass is 744 g/mol. The molecule has 0 aliphatic carbocycles. The zero-order valence-corrected chi connectivity index (χ0v) is 32.3. The van der Waals surface area contributed by atoms with E-state index in [0.717, 1.165) is 19.3 Å². The van der Waals surface area contributed by atoms with Crippen molar-refractivity contribution in [2.45, 2.75) is 124 Å². The molecule has 2 rings (SSSR count). The predicted molar refractivity (Wildman–Crippen MR) is 195 cm³/mol. The van der Waals surface area contributed by atoms with Gasteiger partial charge in [-0.1, -0.05) is 39.2 Å². The highest BCUT2D eigenvalue weighted by atomic mass is 16.6. The fourth-order valence-electron chi connectivity index (χ4n) is 5.38. The van der Waals surface area contributed by atoms with Crippen molar-refractivity contribution in [3.63, 3.8) is 0 Å². The highest BCUT2D eigenvalue weighted by molar-refractivity contribution is 6.00. The summed E-state index contributed by atoms with van der Waals surface area (Å²) in [5, 5.41) is 18.4. The molecule has 0 saturated heterocycles. The van der Waals surface area contributed by atoms with Crippen molar-refractivity contribution in [2.24, 2.45) is 5.92 Å². The Kier molecular flexibility index (Phi) is 17.0. The number of furan rings is 1. The molecular formula is C38H56N4O11. The fraction of sp³-hybridized carbons (Fsp3) is 0.579. The maximum atomic E-state index is 13.5. The first-order valence-electron chi connectivity index (χ1n) is 17.9. The van der Waals surface area contributed by atoms with E-state index >= 15 is 0 Å². The predicted octanol–water partition coefficient (Wildman–Crippen LogP) is 5.14. The average molecular weight is 745 g/mol. The Morgan fingerprint density at radius 3 is 2.17 bits per heavy atom. The third-order valence-electron chi connectivity index (χ3n) is 7.73. The molecule has 0 aliphatic rings. The summed E-state index contributed by atoms with van der Waals surface area (Å²) in [5.74, 6) is -3.51. The lowest BCUT2D eigenvalue weighted by Gasteiger charge is -2.29. The van der Waals surface area contributed by atoms with Crippen molar-refractivity contribution in [1.29, 1.82) is 0 Å². The number of unbranched alkanes of at least 4 members (excludes halogenated alkanes) is 2. The molecule has 3 unspecified atom stereocenters. The number of hydrogen-bond donors (Lipinski definition) is 4. The van der Waals surface area contributed by atoms with Gasteiger partial charge >= 0.3 is 11.9 Å². The Morgan fingerprint density at radius 1 is 0.906 bits per heavy atom. The molecule has 0 spiro atoms. The van der Waals surface area contributed by atoms with E-state index in [0.29, 0.717) is 23.5 Å². The molecule has 0 radical (unpaired) electrons. The first-order valence-corrected chi connectivity index (χ1v) is 17.9. The van der Waals surface area contributed by atoms with Gasteiger partial charge in [-0.3, -0.25) is 29.2 Å². The summed E-state index contributed by atoms with van der Waals surface area (Å²) in [6.45, 7) is 15.6. The zero-order chi connectivity index (χ0) is 39.9. The van der Waals surface area contributed by atoms with Crippen molar-refractivity contribution in [3.05, 3.63) is 41.7 Å². The van der Waals surface area contributed by atoms with E-state index in [9.17, 15) is 34.0 Å². The molecule has 4 amide bonds. The van der Waals surface area contributed by atoms with Crippen molar-refractivity contribution >= 4 is 36.1 Å². The lowest BCUT2D eigenvalue weighted by Crippen LogP contribution is -2.47. The Balaban J connectivity index is 2.20. The van der Waals surface area contributed by atoms with Gasteiger partial charge in [0.1, 0.15) is 28.8 Å². The number of amides is 4. The van der Waals surface area contributed by atoms with Crippen LogP contribution < -0.4 is 20.7 Å². The van der Waals surface area contributed by atoms with Crippen LogP contribution in [0.3, 0.4) is 0 Å². The molecule has 294 valence electrons. The second-order valence-corrected chi connectivity index (χ2v) is 14.4. The summed E-state index contributed by atoms with van der Waals surface area (Å²) in [6.07, 6.45) is 3.19. The number of nitrogens with zero attached hydrogens (tertiary/aromatic N) is 1. The highest BCUT2D eigenvalue weighted by Crippen LogP contribution is 2.29. The molecular weight excluding hydrogens is 688 g/mol. The summed E-state index contributed by atoms with van der Waals surface area (Å²) in [5.41, 5.74) is -1.14. The van der Waals surface area contributed by atoms with Gasteiger partial charge in [0.15, 0.2) is 5.76 Å². The van der Waals surface area contributed by atoms with Crippen molar-refractivity contribution in [2.75, 3.05) is 13.3 Å². The maximum absolute atomic E-state index is 13.5. The van der Waals surface area contributed by atoms with Crippen LogP contribution in [0.2, 0.25) is 0 Å². The molecule has 53 heavy (non-hydrogen) atoms. The zero-order valence-electron chi connectivity index (χ0n) is 32.3. The number of esters is 2. The molecule has 3 atom stereocenters. The largest absolute Gasteiger partial charge is 0.493 e.